The van der Waals surface area contributed by atoms with Gasteiger partial charge in [-0.05, 0) is 67.1 Å². The van der Waals surface area contributed by atoms with E-state index in [4.69, 9.17) is 0 Å². The zero-order valence-electron chi connectivity index (χ0n) is 13.5. The lowest BCUT2D eigenvalue weighted by Crippen LogP contribution is -2.23. The molecule has 1 aromatic carbocycles. The number of aryl methyl sites for hydroxylation is 2. The van der Waals surface area contributed by atoms with E-state index in [1.165, 1.54) is 11.1 Å². The van der Waals surface area contributed by atoms with Crippen molar-refractivity contribution in [2.45, 2.75) is 26.8 Å². The summed E-state index contributed by atoms with van der Waals surface area (Å²) in [4.78, 5) is 19.3. The van der Waals surface area contributed by atoms with Crippen LogP contribution in [0, 0.1) is 13.8 Å². The van der Waals surface area contributed by atoms with Gasteiger partial charge in [0.15, 0.2) is 0 Å². The van der Waals surface area contributed by atoms with Gasteiger partial charge in [0.05, 0.1) is 5.52 Å². The number of benzene rings is 1. The third-order valence-electron chi connectivity index (χ3n) is 4.28. The molecule has 4 heteroatoms. The van der Waals surface area contributed by atoms with Gasteiger partial charge in [-0.25, -0.2) is 0 Å². The molecule has 3 rings (SSSR count). The Kier molecular flexibility index (Phi) is 4.53. The zero-order valence-corrected chi connectivity index (χ0v) is 13.5. The third kappa shape index (κ3) is 3.48. The maximum atomic E-state index is 12.3. The van der Waals surface area contributed by atoms with E-state index in [0.29, 0.717) is 6.54 Å². The van der Waals surface area contributed by atoms with Gasteiger partial charge >= 0.3 is 0 Å². The van der Waals surface area contributed by atoms with Crippen molar-refractivity contribution in [1.82, 2.24) is 15.3 Å². The zero-order chi connectivity index (χ0) is 16.2. The molecule has 118 valence electrons. The molecule has 0 amide bonds. The minimum Gasteiger partial charge on any atom is -0.321 e. The molecular formula is C19H21N3O. The van der Waals surface area contributed by atoms with Gasteiger partial charge in [-0.3, -0.25) is 9.78 Å². The quantitative estimate of drug-likeness (QED) is 0.713. The van der Waals surface area contributed by atoms with Crippen molar-refractivity contribution in [2.24, 2.45) is 0 Å². The molecule has 0 fully saturated rings. The van der Waals surface area contributed by atoms with E-state index >= 15 is 0 Å². The average Bonchev–Trinajstić information content (AvgIpc) is 2.57. The van der Waals surface area contributed by atoms with Crippen LogP contribution < -0.4 is 10.9 Å². The molecule has 0 unspecified atom stereocenters. The summed E-state index contributed by atoms with van der Waals surface area (Å²) in [5, 5.41) is 4.42. The van der Waals surface area contributed by atoms with Gasteiger partial charge in [-0.2, -0.15) is 0 Å². The van der Waals surface area contributed by atoms with Crippen molar-refractivity contribution in [3.8, 4) is 0 Å². The normalized spacial score (nSPS) is 11.0. The van der Waals surface area contributed by atoms with Gasteiger partial charge in [0.25, 0.3) is 5.56 Å². The fraction of sp³-hybridized carbons (Fsp3) is 0.263. The molecule has 0 spiro atoms. The fourth-order valence-corrected chi connectivity index (χ4v) is 2.71. The van der Waals surface area contributed by atoms with Gasteiger partial charge in [0, 0.05) is 24.5 Å². The Labute approximate surface area is 135 Å². The first kappa shape index (κ1) is 15.4. The molecule has 2 aromatic heterocycles. The largest absolute Gasteiger partial charge is 0.321 e. The first-order chi connectivity index (χ1) is 11.1. The molecule has 0 aliphatic heterocycles. The fourth-order valence-electron chi connectivity index (χ4n) is 2.71. The van der Waals surface area contributed by atoms with Gasteiger partial charge in [-0.15, -0.1) is 0 Å². The molecule has 3 aromatic rings. The number of pyridine rings is 2. The highest BCUT2D eigenvalue weighted by Gasteiger charge is 2.06. The molecule has 0 bridgehead atoms. The second kappa shape index (κ2) is 6.75. The lowest BCUT2D eigenvalue weighted by atomic mass is 10.0. The summed E-state index contributed by atoms with van der Waals surface area (Å²) in [6.45, 7) is 5.50. The van der Waals surface area contributed by atoms with Crippen LogP contribution in [0.1, 0.15) is 22.3 Å². The van der Waals surface area contributed by atoms with Gasteiger partial charge in [0.2, 0.25) is 0 Å². The highest BCUT2D eigenvalue weighted by atomic mass is 16.1. The smallest absolute Gasteiger partial charge is 0.252 e. The van der Waals surface area contributed by atoms with Crippen LogP contribution in [0.5, 0.6) is 0 Å². The molecule has 2 heterocycles. The molecule has 0 saturated carbocycles. The number of aromatic amines is 1. The average molecular weight is 307 g/mol. The van der Waals surface area contributed by atoms with Crippen molar-refractivity contribution in [3.05, 3.63) is 75.3 Å². The molecule has 0 saturated heterocycles. The second-order valence-corrected chi connectivity index (χ2v) is 5.88. The molecule has 0 radical (unpaired) electrons. The number of H-pyrrole nitrogens is 1. The molecule has 0 atom stereocenters. The van der Waals surface area contributed by atoms with Gasteiger partial charge in [0.1, 0.15) is 0 Å². The summed E-state index contributed by atoms with van der Waals surface area (Å²) in [7, 11) is 0. The lowest BCUT2D eigenvalue weighted by molar-refractivity contribution is 0.682. The van der Waals surface area contributed by atoms with Crippen molar-refractivity contribution >= 4 is 10.9 Å². The first-order valence-electron chi connectivity index (χ1n) is 7.87. The standard InChI is InChI=1S/C19H21N3O/c1-13-3-4-16-11-17(19(23)22-18(16)14(13)2)12-21-10-7-15-5-8-20-9-6-15/h3-6,8-9,11,21H,7,10,12H2,1-2H3,(H,22,23). The van der Waals surface area contributed by atoms with Crippen LogP contribution in [0.15, 0.2) is 47.5 Å². The number of rotatable bonds is 5. The first-order valence-corrected chi connectivity index (χ1v) is 7.87. The molecule has 0 aliphatic rings. The Morgan fingerprint density at radius 1 is 1.13 bits per heavy atom. The topological polar surface area (TPSA) is 57.8 Å². The SMILES string of the molecule is Cc1ccc2cc(CNCCc3ccncc3)c(=O)[nH]c2c1C. The number of fused-ring (bicyclic) bond motifs is 1. The molecule has 2 N–H and O–H groups in total. The maximum Gasteiger partial charge on any atom is 0.252 e. The Morgan fingerprint density at radius 3 is 2.70 bits per heavy atom. The van der Waals surface area contributed by atoms with Crippen LogP contribution in [0.4, 0.5) is 0 Å². The minimum absolute atomic E-state index is 0.0115. The van der Waals surface area contributed by atoms with Crippen LogP contribution in [0.3, 0.4) is 0 Å². The van der Waals surface area contributed by atoms with E-state index < -0.39 is 0 Å². The van der Waals surface area contributed by atoms with E-state index in [1.807, 2.05) is 25.1 Å². The van der Waals surface area contributed by atoms with Crippen molar-refractivity contribution in [2.75, 3.05) is 6.54 Å². The summed E-state index contributed by atoms with van der Waals surface area (Å²) in [6.07, 6.45) is 4.52. The Bertz CT molecular complexity index is 869. The van der Waals surface area contributed by atoms with Crippen molar-refractivity contribution < 1.29 is 0 Å². The predicted molar refractivity (Wildman–Crippen MR) is 93.7 cm³/mol. The summed E-state index contributed by atoms with van der Waals surface area (Å²) in [5.41, 5.74) is 5.27. The van der Waals surface area contributed by atoms with E-state index in [0.717, 1.165) is 35.0 Å². The van der Waals surface area contributed by atoms with E-state index in [1.54, 1.807) is 12.4 Å². The minimum atomic E-state index is -0.0115. The van der Waals surface area contributed by atoms with Gasteiger partial charge in [-0.1, -0.05) is 12.1 Å². The van der Waals surface area contributed by atoms with Crippen molar-refractivity contribution in [3.63, 3.8) is 0 Å². The Hall–Kier alpha value is -2.46. The third-order valence-corrected chi connectivity index (χ3v) is 4.28. The van der Waals surface area contributed by atoms with Crippen LogP contribution in [0.2, 0.25) is 0 Å². The summed E-state index contributed by atoms with van der Waals surface area (Å²) in [6, 6.07) is 10.2. The number of nitrogens with zero attached hydrogens (tertiary/aromatic N) is 1. The summed E-state index contributed by atoms with van der Waals surface area (Å²) in [5.74, 6) is 0. The molecular weight excluding hydrogens is 286 g/mol. The second-order valence-electron chi connectivity index (χ2n) is 5.88. The van der Waals surface area contributed by atoms with E-state index in [2.05, 4.69) is 34.3 Å². The summed E-state index contributed by atoms with van der Waals surface area (Å²) < 4.78 is 0. The van der Waals surface area contributed by atoms with Crippen LogP contribution in [0.25, 0.3) is 10.9 Å². The monoisotopic (exact) mass is 307 g/mol. The maximum absolute atomic E-state index is 12.3. The number of aromatic nitrogens is 2. The van der Waals surface area contributed by atoms with Crippen LogP contribution >= 0.6 is 0 Å². The molecule has 4 nitrogen and oxygen atoms in total. The van der Waals surface area contributed by atoms with Crippen LogP contribution in [-0.4, -0.2) is 16.5 Å². The highest BCUT2D eigenvalue weighted by Crippen LogP contribution is 2.18. The van der Waals surface area contributed by atoms with E-state index in [-0.39, 0.29) is 5.56 Å². The highest BCUT2D eigenvalue weighted by molar-refractivity contribution is 5.83. The number of hydrogen-bond acceptors (Lipinski definition) is 3. The molecule has 23 heavy (non-hydrogen) atoms. The Balaban J connectivity index is 1.70. The Morgan fingerprint density at radius 2 is 1.91 bits per heavy atom. The van der Waals surface area contributed by atoms with Crippen molar-refractivity contribution in [1.29, 1.82) is 0 Å². The molecule has 0 aliphatic carbocycles. The lowest BCUT2D eigenvalue weighted by Gasteiger charge is -2.09. The number of hydrogen-bond donors (Lipinski definition) is 2. The van der Waals surface area contributed by atoms with Gasteiger partial charge < -0.3 is 10.3 Å². The van der Waals surface area contributed by atoms with E-state index in [9.17, 15) is 4.79 Å². The number of nitrogens with one attached hydrogen (secondary N) is 2. The van der Waals surface area contributed by atoms with Crippen LogP contribution in [-0.2, 0) is 13.0 Å². The predicted octanol–water partition coefficient (Wildman–Crippen LogP) is 2.87. The summed E-state index contributed by atoms with van der Waals surface area (Å²) >= 11 is 0.